The van der Waals surface area contributed by atoms with Crippen molar-refractivity contribution in [1.82, 2.24) is 4.98 Å². The van der Waals surface area contributed by atoms with E-state index in [1.807, 2.05) is 26.1 Å². The van der Waals surface area contributed by atoms with Crippen LogP contribution in [0.2, 0.25) is 0 Å². The monoisotopic (exact) mass is 537 g/mol. The number of nitrogens with zero attached hydrogens (tertiary/aromatic N) is 1. The van der Waals surface area contributed by atoms with Crippen LogP contribution in [0.5, 0.6) is 11.6 Å². The van der Waals surface area contributed by atoms with Gasteiger partial charge in [0.1, 0.15) is 24.0 Å². The molecular weight excluding hydrogens is 500 g/mol. The molecule has 1 saturated carbocycles. The fraction of sp³-hybridized carbons (Fsp3) is 0.469. The van der Waals surface area contributed by atoms with Gasteiger partial charge in [-0.25, -0.2) is 13.8 Å². The molecule has 5 nitrogen and oxygen atoms in total. The lowest BCUT2D eigenvalue weighted by molar-refractivity contribution is -0.105. The highest BCUT2D eigenvalue weighted by Crippen LogP contribution is 2.56. The first kappa shape index (κ1) is 27.5. The Morgan fingerprint density at radius 1 is 0.949 bits per heavy atom. The van der Waals surface area contributed by atoms with E-state index in [-0.39, 0.29) is 24.3 Å². The molecule has 0 unspecified atom stereocenters. The number of aryl methyl sites for hydroxylation is 2. The summed E-state index contributed by atoms with van der Waals surface area (Å²) >= 11 is 0. The summed E-state index contributed by atoms with van der Waals surface area (Å²) in [7, 11) is 0. The average molecular weight is 538 g/mol. The van der Waals surface area contributed by atoms with Crippen molar-refractivity contribution in [3.63, 3.8) is 0 Å². The van der Waals surface area contributed by atoms with E-state index in [1.54, 1.807) is 39.8 Å². The summed E-state index contributed by atoms with van der Waals surface area (Å²) in [4.78, 5) is 4.40. The Kier molecular flexibility index (Phi) is 6.96. The van der Waals surface area contributed by atoms with Crippen molar-refractivity contribution in [2.45, 2.75) is 78.1 Å². The fourth-order valence-corrected chi connectivity index (χ4v) is 6.14. The lowest BCUT2D eigenvalue weighted by atomic mass is 9.79. The Hall–Kier alpha value is -3.03. The van der Waals surface area contributed by atoms with Crippen LogP contribution >= 0.6 is 0 Å². The molecule has 0 saturated heterocycles. The number of fused-ring (bicyclic) bond motifs is 3. The third-order valence-electron chi connectivity index (χ3n) is 8.21. The van der Waals surface area contributed by atoms with Gasteiger partial charge in [-0.3, -0.25) is 0 Å². The minimum atomic E-state index is -1.16. The summed E-state index contributed by atoms with van der Waals surface area (Å²) < 4.78 is 41.6. The molecule has 2 aliphatic rings. The van der Waals surface area contributed by atoms with E-state index in [0.717, 1.165) is 29.5 Å². The van der Waals surface area contributed by atoms with Gasteiger partial charge in [-0.1, -0.05) is 0 Å². The number of rotatable bonds is 9. The number of halogens is 2. The van der Waals surface area contributed by atoms with Crippen LogP contribution in [0.3, 0.4) is 0 Å². The van der Waals surface area contributed by atoms with Crippen LogP contribution in [0.15, 0.2) is 36.5 Å². The summed E-state index contributed by atoms with van der Waals surface area (Å²) in [5.41, 5.74) is 2.92. The van der Waals surface area contributed by atoms with Gasteiger partial charge in [-0.2, -0.15) is 0 Å². The van der Waals surface area contributed by atoms with Gasteiger partial charge in [0.15, 0.2) is 0 Å². The molecule has 0 amide bonds. The molecule has 0 spiro atoms. The first-order valence-corrected chi connectivity index (χ1v) is 13.5. The van der Waals surface area contributed by atoms with Crippen LogP contribution in [0.1, 0.15) is 67.9 Å². The van der Waals surface area contributed by atoms with Gasteiger partial charge in [0.05, 0.1) is 17.8 Å². The SMILES string of the molecule is Cc1cc(OCC(C(C)(C)O)C(C)(C)O)cc(C)c1-c1cc(COc2cc3c(cn2)[C@@H]2C[C@@H]2C3)c(F)cc1F. The molecule has 208 valence electrons. The predicted octanol–water partition coefficient (Wildman–Crippen LogP) is 6.42. The molecular formula is C32H37F2NO4. The summed E-state index contributed by atoms with van der Waals surface area (Å²) in [6, 6.07) is 7.91. The summed E-state index contributed by atoms with van der Waals surface area (Å²) in [6.07, 6.45) is 4.16. The molecule has 39 heavy (non-hydrogen) atoms. The normalized spacial score (nSPS) is 18.2. The summed E-state index contributed by atoms with van der Waals surface area (Å²) in [5, 5.41) is 21.0. The zero-order valence-corrected chi connectivity index (χ0v) is 23.4. The van der Waals surface area contributed by atoms with E-state index in [9.17, 15) is 14.6 Å². The van der Waals surface area contributed by atoms with Crippen LogP contribution in [0.25, 0.3) is 11.1 Å². The van der Waals surface area contributed by atoms with Crippen LogP contribution < -0.4 is 9.47 Å². The Labute approximate surface area is 228 Å². The lowest BCUT2D eigenvalue weighted by Crippen LogP contribution is -2.48. The number of aromatic nitrogens is 1. The predicted molar refractivity (Wildman–Crippen MR) is 146 cm³/mol. The number of benzene rings is 2. The smallest absolute Gasteiger partial charge is 0.213 e. The van der Waals surface area contributed by atoms with E-state index in [4.69, 9.17) is 9.47 Å². The molecule has 2 N–H and O–H groups in total. The number of aliphatic hydroxyl groups is 2. The molecule has 0 aliphatic heterocycles. The zero-order chi connectivity index (χ0) is 28.3. The first-order valence-electron chi connectivity index (χ1n) is 13.5. The van der Waals surface area contributed by atoms with Crippen molar-refractivity contribution in [3.8, 4) is 22.8 Å². The van der Waals surface area contributed by atoms with Crippen molar-refractivity contribution < 1.29 is 28.5 Å². The molecule has 5 rings (SSSR count). The molecule has 1 aromatic heterocycles. The second-order valence-corrected chi connectivity index (χ2v) is 12.3. The number of hydrogen-bond acceptors (Lipinski definition) is 5. The maximum atomic E-state index is 15.1. The second-order valence-electron chi connectivity index (χ2n) is 12.3. The Morgan fingerprint density at radius 3 is 2.26 bits per heavy atom. The van der Waals surface area contributed by atoms with Crippen molar-refractivity contribution >= 4 is 0 Å². The van der Waals surface area contributed by atoms with Gasteiger partial charge in [-0.05, 0) is 112 Å². The minimum Gasteiger partial charge on any atom is -0.493 e. The summed E-state index contributed by atoms with van der Waals surface area (Å²) in [5.74, 6) is 0.498. The summed E-state index contributed by atoms with van der Waals surface area (Å²) in [6.45, 7) is 10.3. The molecule has 0 radical (unpaired) electrons. The molecule has 1 heterocycles. The van der Waals surface area contributed by atoms with Gasteiger partial charge < -0.3 is 19.7 Å². The van der Waals surface area contributed by atoms with E-state index in [0.29, 0.717) is 23.1 Å². The van der Waals surface area contributed by atoms with Crippen molar-refractivity contribution in [3.05, 3.63) is 76.0 Å². The Morgan fingerprint density at radius 2 is 1.62 bits per heavy atom. The highest BCUT2D eigenvalue weighted by atomic mass is 19.1. The first-order chi connectivity index (χ1) is 18.2. The largest absolute Gasteiger partial charge is 0.493 e. The van der Waals surface area contributed by atoms with E-state index >= 15 is 4.39 Å². The average Bonchev–Trinajstić information content (AvgIpc) is 3.48. The molecule has 2 atom stereocenters. The van der Waals surface area contributed by atoms with Crippen LogP contribution in [-0.4, -0.2) is 33.0 Å². The second kappa shape index (κ2) is 9.86. The highest BCUT2D eigenvalue weighted by Gasteiger charge is 2.45. The standard InChI is InChI=1S/C32H37F2NO4/c1-17-7-22(38-16-28(31(3,4)36)32(5,6)37)8-18(2)30(17)24-11-21(26(33)13-27(24)34)15-39-29-12-20-9-19-10-23(19)25(20)14-35-29/h7-8,11-14,19,23,28,36-37H,9-10,15-16H2,1-6H3/t19-,23+/m0/s1. The van der Waals surface area contributed by atoms with E-state index in [1.165, 1.54) is 23.6 Å². The lowest BCUT2D eigenvalue weighted by Gasteiger charge is -2.37. The van der Waals surface area contributed by atoms with Crippen LogP contribution in [0, 0.1) is 37.3 Å². The third-order valence-corrected chi connectivity index (χ3v) is 8.21. The van der Waals surface area contributed by atoms with Crippen molar-refractivity contribution in [1.29, 1.82) is 0 Å². The van der Waals surface area contributed by atoms with E-state index < -0.39 is 28.8 Å². The van der Waals surface area contributed by atoms with Gasteiger partial charge in [0.25, 0.3) is 0 Å². The Balaban J connectivity index is 1.35. The molecule has 7 heteroatoms. The van der Waals surface area contributed by atoms with Crippen molar-refractivity contribution in [2.24, 2.45) is 11.8 Å². The Bertz CT molecular complexity index is 1370. The van der Waals surface area contributed by atoms with Gasteiger partial charge in [-0.15, -0.1) is 0 Å². The molecule has 0 bridgehead atoms. The minimum absolute atomic E-state index is 0.0632. The molecule has 1 fully saturated rings. The maximum absolute atomic E-state index is 15.1. The van der Waals surface area contributed by atoms with Gasteiger partial charge in [0.2, 0.25) is 5.88 Å². The third kappa shape index (κ3) is 5.66. The number of pyridine rings is 1. The maximum Gasteiger partial charge on any atom is 0.213 e. The number of ether oxygens (including phenoxy) is 2. The number of hydrogen-bond donors (Lipinski definition) is 2. The van der Waals surface area contributed by atoms with Crippen LogP contribution in [0.4, 0.5) is 8.78 Å². The highest BCUT2D eigenvalue weighted by molar-refractivity contribution is 5.73. The zero-order valence-electron chi connectivity index (χ0n) is 23.4. The van der Waals surface area contributed by atoms with Crippen LogP contribution in [-0.2, 0) is 13.0 Å². The molecule has 2 aromatic carbocycles. The quantitative estimate of drug-likeness (QED) is 0.330. The van der Waals surface area contributed by atoms with E-state index in [2.05, 4.69) is 4.98 Å². The molecule has 2 aliphatic carbocycles. The van der Waals surface area contributed by atoms with Gasteiger partial charge >= 0.3 is 0 Å². The molecule has 3 aromatic rings. The van der Waals surface area contributed by atoms with Crippen molar-refractivity contribution in [2.75, 3.05) is 6.61 Å². The fourth-order valence-electron chi connectivity index (χ4n) is 6.14. The topological polar surface area (TPSA) is 71.8 Å². The van der Waals surface area contributed by atoms with Gasteiger partial charge in [0, 0.05) is 35.4 Å².